The molecule has 0 aliphatic carbocycles. The molecule has 0 N–H and O–H groups in total. The number of thioether (sulfide) groups is 1. The second-order valence-electron chi connectivity index (χ2n) is 5.81. The number of carbonyl (C=O) groups excluding carboxylic acids is 2. The number of imide groups is 1. The molecule has 0 saturated carbocycles. The fraction of sp³-hybridized carbons (Fsp3) is 0.200. The number of rotatable bonds is 6. The van der Waals surface area contributed by atoms with Crippen LogP contribution in [0.1, 0.15) is 18.1 Å². The Hall–Kier alpha value is -2.51. The van der Waals surface area contributed by atoms with E-state index in [1.54, 1.807) is 24.3 Å². The van der Waals surface area contributed by atoms with Crippen molar-refractivity contribution in [3.8, 4) is 11.5 Å². The Bertz CT molecular complexity index is 943. The highest BCUT2D eigenvalue weighted by Gasteiger charge is 2.35. The van der Waals surface area contributed by atoms with Crippen molar-refractivity contribution in [2.24, 2.45) is 0 Å². The Labute approximate surface area is 171 Å². The van der Waals surface area contributed by atoms with Crippen molar-refractivity contribution < 1.29 is 23.5 Å². The van der Waals surface area contributed by atoms with Crippen molar-refractivity contribution in [2.75, 3.05) is 13.7 Å². The van der Waals surface area contributed by atoms with Crippen LogP contribution in [0, 0.1) is 5.82 Å². The Morgan fingerprint density at radius 2 is 2.00 bits per heavy atom. The first kappa shape index (κ1) is 20.2. The average molecular weight is 422 g/mol. The van der Waals surface area contributed by atoms with Crippen LogP contribution in [-0.4, -0.2) is 29.8 Å². The van der Waals surface area contributed by atoms with Gasteiger partial charge in [-0.3, -0.25) is 14.5 Å². The van der Waals surface area contributed by atoms with Crippen molar-refractivity contribution in [1.29, 1.82) is 0 Å². The van der Waals surface area contributed by atoms with E-state index >= 15 is 0 Å². The Morgan fingerprint density at radius 1 is 1.21 bits per heavy atom. The number of benzene rings is 2. The molecule has 0 bridgehead atoms. The molecule has 0 radical (unpaired) electrons. The fourth-order valence-corrected chi connectivity index (χ4v) is 3.74. The topological polar surface area (TPSA) is 55.8 Å². The lowest BCUT2D eigenvalue weighted by atomic mass is 10.1. The summed E-state index contributed by atoms with van der Waals surface area (Å²) in [5.74, 6) is 0.0487. The number of nitrogens with zero attached hydrogens (tertiary/aromatic N) is 1. The summed E-state index contributed by atoms with van der Waals surface area (Å²) in [6, 6.07) is 9.42. The number of ether oxygens (including phenoxy) is 2. The number of halogens is 2. The molecule has 1 heterocycles. The van der Waals surface area contributed by atoms with Crippen LogP contribution < -0.4 is 9.47 Å². The first-order valence-corrected chi connectivity index (χ1v) is 9.63. The minimum atomic E-state index is -0.563. The molecule has 8 heteroatoms. The number of hydrogen-bond donors (Lipinski definition) is 0. The van der Waals surface area contributed by atoms with Gasteiger partial charge in [0.1, 0.15) is 5.82 Å². The lowest BCUT2D eigenvalue weighted by molar-refractivity contribution is -0.123. The van der Waals surface area contributed by atoms with E-state index in [2.05, 4.69) is 0 Å². The summed E-state index contributed by atoms with van der Waals surface area (Å²) in [4.78, 5) is 26.2. The summed E-state index contributed by atoms with van der Waals surface area (Å²) in [7, 11) is 1.54. The molecule has 0 unspecified atom stereocenters. The lowest BCUT2D eigenvalue weighted by Gasteiger charge is -2.14. The molecule has 0 aromatic heterocycles. The maximum atomic E-state index is 14.0. The van der Waals surface area contributed by atoms with E-state index in [-0.39, 0.29) is 22.0 Å². The SMILES string of the molecule is CCOc1cc(/C=C2/SC(=O)N(Cc3c(F)cccc3Cl)C2=O)ccc1OC. The summed E-state index contributed by atoms with van der Waals surface area (Å²) < 4.78 is 24.8. The first-order valence-electron chi connectivity index (χ1n) is 8.43. The van der Waals surface area contributed by atoms with Crippen molar-refractivity contribution in [2.45, 2.75) is 13.5 Å². The maximum Gasteiger partial charge on any atom is 0.293 e. The van der Waals surface area contributed by atoms with Gasteiger partial charge in [0.15, 0.2) is 11.5 Å². The third-order valence-electron chi connectivity index (χ3n) is 4.04. The van der Waals surface area contributed by atoms with Crippen molar-refractivity contribution >= 4 is 40.6 Å². The van der Waals surface area contributed by atoms with Crippen molar-refractivity contribution in [1.82, 2.24) is 4.90 Å². The molecule has 3 rings (SSSR count). The first-order chi connectivity index (χ1) is 13.4. The van der Waals surface area contributed by atoms with E-state index in [0.717, 1.165) is 16.7 Å². The van der Waals surface area contributed by atoms with Gasteiger partial charge in [0.25, 0.3) is 11.1 Å². The summed E-state index contributed by atoms with van der Waals surface area (Å²) in [6.45, 7) is 2.09. The Morgan fingerprint density at radius 3 is 2.68 bits per heavy atom. The van der Waals surface area contributed by atoms with Crippen LogP contribution in [0.5, 0.6) is 11.5 Å². The zero-order valence-electron chi connectivity index (χ0n) is 15.2. The molecular formula is C20H17ClFNO4S. The Kier molecular flexibility index (Phi) is 6.26. The summed E-state index contributed by atoms with van der Waals surface area (Å²) in [5.41, 5.74) is 0.787. The van der Waals surface area contributed by atoms with Crippen LogP contribution in [0.2, 0.25) is 5.02 Å². The molecule has 0 atom stereocenters. The van der Waals surface area contributed by atoms with Gasteiger partial charge in [0.05, 0.1) is 25.2 Å². The second-order valence-corrected chi connectivity index (χ2v) is 7.21. The van der Waals surface area contributed by atoms with E-state index in [9.17, 15) is 14.0 Å². The second kappa shape index (κ2) is 8.67. The van der Waals surface area contributed by atoms with Crippen molar-refractivity contribution in [3.05, 3.63) is 63.3 Å². The predicted octanol–water partition coefficient (Wildman–Crippen LogP) is 5.12. The van der Waals surface area contributed by atoms with E-state index in [1.165, 1.54) is 25.3 Å². The summed E-state index contributed by atoms with van der Waals surface area (Å²) in [6.07, 6.45) is 1.59. The van der Waals surface area contributed by atoms with Crippen molar-refractivity contribution in [3.63, 3.8) is 0 Å². The zero-order chi connectivity index (χ0) is 20.3. The lowest BCUT2D eigenvalue weighted by Crippen LogP contribution is -2.28. The van der Waals surface area contributed by atoms with Gasteiger partial charge in [0, 0.05) is 10.6 Å². The van der Waals surface area contributed by atoms with Gasteiger partial charge < -0.3 is 9.47 Å². The van der Waals surface area contributed by atoms with Gasteiger partial charge in [-0.25, -0.2) is 4.39 Å². The van der Waals surface area contributed by atoms with E-state index in [4.69, 9.17) is 21.1 Å². The van der Waals surface area contributed by atoms with Gasteiger partial charge in [0.2, 0.25) is 0 Å². The van der Waals surface area contributed by atoms with Gasteiger partial charge in [-0.2, -0.15) is 0 Å². The standard InChI is InChI=1S/C20H17ClFNO4S/c1-3-27-17-9-12(7-8-16(17)26-2)10-18-19(24)23(20(25)28-18)11-13-14(21)5-4-6-15(13)22/h4-10H,3,11H2,1-2H3/b18-10+. The monoisotopic (exact) mass is 421 g/mol. The summed E-state index contributed by atoms with van der Waals surface area (Å²) >= 11 is 6.81. The Balaban J connectivity index is 1.86. The largest absolute Gasteiger partial charge is 0.493 e. The molecule has 1 aliphatic heterocycles. The molecule has 1 fully saturated rings. The molecule has 1 aliphatic rings. The van der Waals surface area contributed by atoms with Gasteiger partial charge >= 0.3 is 0 Å². The van der Waals surface area contributed by atoms with Crippen LogP contribution in [-0.2, 0) is 11.3 Å². The zero-order valence-corrected chi connectivity index (χ0v) is 16.8. The fourth-order valence-electron chi connectivity index (χ4n) is 2.68. The third-order valence-corrected chi connectivity index (χ3v) is 5.30. The third kappa shape index (κ3) is 4.15. The number of amides is 2. The van der Waals surface area contributed by atoms with Crippen LogP contribution in [0.3, 0.4) is 0 Å². The maximum absolute atomic E-state index is 14.0. The average Bonchev–Trinajstić information content (AvgIpc) is 2.92. The number of carbonyl (C=O) groups is 2. The van der Waals surface area contributed by atoms with Crippen LogP contribution >= 0.6 is 23.4 Å². The van der Waals surface area contributed by atoms with E-state index < -0.39 is 17.0 Å². The number of hydrogen-bond acceptors (Lipinski definition) is 5. The summed E-state index contributed by atoms with van der Waals surface area (Å²) in [5, 5.41) is -0.311. The number of methoxy groups -OCH3 is 1. The highest BCUT2D eigenvalue weighted by molar-refractivity contribution is 8.18. The molecule has 0 spiro atoms. The normalized spacial score (nSPS) is 15.4. The van der Waals surface area contributed by atoms with Gasteiger partial charge in [-0.05, 0) is 54.6 Å². The molecule has 28 heavy (non-hydrogen) atoms. The van der Waals surface area contributed by atoms with Gasteiger partial charge in [-0.1, -0.05) is 23.7 Å². The van der Waals surface area contributed by atoms with Crippen LogP contribution in [0.25, 0.3) is 6.08 Å². The molecule has 2 aromatic carbocycles. The molecular weight excluding hydrogens is 405 g/mol. The molecule has 146 valence electrons. The minimum absolute atomic E-state index is 0.107. The minimum Gasteiger partial charge on any atom is -0.493 e. The molecule has 2 aromatic rings. The van der Waals surface area contributed by atoms with E-state index in [1.807, 2.05) is 6.92 Å². The van der Waals surface area contributed by atoms with Crippen LogP contribution in [0.4, 0.5) is 9.18 Å². The predicted molar refractivity (Wildman–Crippen MR) is 107 cm³/mol. The highest BCUT2D eigenvalue weighted by atomic mass is 35.5. The van der Waals surface area contributed by atoms with Crippen LogP contribution in [0.15, 0.2) is 41.3 Å². The molecule has 1 saturated heterocycles. The molecule has 2 amide bonds. The highest BCUT2D eigenvalue weighted by Crippen LogP contribution is 2.36. The molecule has 5 nitrogen and oxygen atoms in total. The van der Waals surface area contributed by atoms with Gasteiger partial charge in [-0.15, -0.1) is 0 Å². The quantitative estimate of drug-likeness (QED) is 0.606. The smallest absolute Gasteiger partial charge is 0.293 e. The van der Waals surface area contributed by atoms with E-state index in [0.29, 0.717) is 23.7 Å².